The van der Waals surface area contributed by atoms with Crippen LogP contribution in [0.1, 0.15) is 85.3 Å². The maximum Gasteiger partial charge on any atom is 0.254 e. The normalized spacial score (nSPS) is 12.1. The Balaban J connectivity index is 1.89. The van der Waals surface area contributed by atoms with Crippen LogP contribution in [0.3, 0.4) is 0 Å². The van der Waals surface area contributed by atoms with Gasteiger partial charge in [0.1, 0.15) is 23.0 Å². The van der Waals surface area contributed by atoms with Gasteiger partial charge in [-0.2, -0.15) is 0 Å². The molecule has 0 aliphatic carbocycles. The lowest BCUT2D eigenvalue weighted by Gasteiger charge is -2.13. The summed E-state index contributed by atoms with van der Waals surface area (Å²) in [5, 5.41) is 5.64. The molecule has 6 nitrogen and oxygen atoms in total. The maximum atomic E-state index is 12.4. The quantitative estimate of drug-likeness (QED) is 0.750. The lowest BCUT2D eigenvalue weighted by atomic mass is 9.93. The second kappa shape index (κ2) is 7.86. The van der Waals surface area contributed by atoms with Gasteiger partial charge >= 0.3 is 0 Å². The lowest BCUT2D eigenvalue weighted by Crippen LogP contribution is -2.34. The molecule has 0 unspecified atom stereocenters. The van der Waals surface area contributed by atoms with Gasteiger partial charge in [-0.15, -0.1) is 0 Å². The van der Waals surface area contributed by atoms with Crippen molar-refractivity contribution in [2.24, 2.45) is 0 Å². The van der Waals surface area contributed by atoms with E-state index in [-0.39, 0.29) is 22.6 Å². The maximum absolute atomic E-state index is 12.4. The van der Waals surface area contributed by atoms with E-state index in [1.54, 1.807) is 26.0 Å². The molecule has 6 heteroatoms. The number of rotatable bonds is 5. The number of hydrogen-bond acceptors (Lipinski definition) is 4. The van der Waals surface area contributed by atoms with Gasteiger partial charge in [-0.3, -0.25) is 9.59 Å². The van der Waals surface area contributed by atoms with Crippen LogP contribution >= 0.6 is 0 Å². The van der Waals surface area contributed by atoms with Crippen LogP contribution in [-0.2, 0) is 10.8 Å². The largest absolute Gasteiger partial charge is 0.465 e. The van der Waals surface area contributed by atoms with Gasteiger partial charge in [0.25, 0.3) is 11.8 Å². The molecule has 2 N–H and O–H groups in total. The van der Waals surface area contributed by atoms with Gasteiger partial charge in [-0.25, -0.2) is 0 Å². The molecule has 0 aromatic carbocycles. The molecule has 154 valence electrons. The van der Waals surface area contributed by atoms with Crippen LogP contribution in [0.5, 0.6) is 0 Å². The van der Waals surface area contributed by atoms with Crippen LogP contribution in [0.4, 0.5) is 0 Å². The second-order valence-electron chi connectivity index (χ2n) is 9.17. The molecule has 2 aromatic rings. The summed E-state index contributed by atoms with van der Waals surface area (Å²) in [6.45, 7) is 16.4. The van der Waals surface area contributed by atoms with E-state index in [1.165, 1.54) is 0 Å². The Morgan fingerprint density at radius 3 is 1.32 bits per heavy atom. The van der Waals surface area contributed by atoms with Gasteiger partial charge in [-0.05, 0) is 26.0 Å². The van der Waals surface area contributed by atoms with Crippen molar-refractivity contribution in [1.29, 1.82) is 0 Å². The van der Waals surface area contributed by atoms with E-state index in [2.05, 4.69) is 10.6 Å². The SMILES string of the molecule is Cc1oc(C(C)(C)C)cc1C(=O)NCCNC(=O)c1cc(C(C)(C)C)oc1C. The Morgan fingerprint density at radius 2 is 1.07 bits per heavy atom. The molecule has 0 saturated heterocycles. The van der Waals surface area contributed by atoms with Gasteiger partial charge in [0.2, 0.25) is 0 Å². The predicted molar refractivity (Wildman–Crippen MR) is 109 cm³/mol. The number of amides is 2. The van der Waals surface area contributed by atoms with E-state index in [0.717, 1.165) is 11.5 Å². The summed E-state index contributed by atoms with van der Waals surface area (Å²) in [4.78, 5) is 24.8. The second-order valence-corrected chi connectivity index (χ2v) is 9.17. The summed E-state index contributed by atoms with van der Waals surface area (Å²) in [6, 6.07) is 3.57. The molecular weight excluding hydrogens is 356 g/mol. The Bertz CT molecular complexity index is 788. The summed E-state index contributed by atoms with van der Waals surface area (Å²) in [7, 11) is 0. The summed E-state index contributed by atoms with van der Waals surface area (Å²) >= 11 is 0. The Kier molecular flexibility index (Phi) is 6.12. The molecule has 0 saturated carbocycles. The zero-order valence-corrected chi connectivity index (χ0v) is 18.2. The number of aryl methyl sites for hydroxylation is 2. The van der Waals surface area contributed by atoms with E-state index in [4.69, 9.17) is 8.83 Å². The molecular formula is C22H32N2O4. The molecule has 0 aliphatic heterocycles. The average Bonchev–Trinajstić information content (AvgIpc) is 3.13. The van der Waals surface area contributed by atoms with E-state index < -0.39 is 0 Å². The third-order valence-corrected chi connectivity index (χ3v) is 4.50. The average molecular weight is 389 g/mol. The zero-order chi connectivity index (χ0) is 21.3. The van der Waals surface area contributed by atoms with Crippen LogP contribution < -0.4 is 10.6 Å². The smallest absolute Gasteiger partial charge is 0.254 e. The minimum atomic E-state index is -0.208. The molecule has 0 radical (unpaired) electrons. The van der Waals surface area contributed by atoms with Crippen molar-refractivity contribution in [3.8, 4) is 0 Å². The highest BCUT2D eigenvalue weighted by molar-refractivity contribution is 5.96. The lowest BCUT2D eigenvalue weighted by molar-refractivity contribution is 0.0926. The molecule has 2 aromatic heterocycles. The first-order valence-electron chi connectivity index (χ1n) is 9.59. The first-order valence-corrected chi connectivity index (χ1v) is 9.59. The monoisotopic (exact) mass is 388 g/mol. The summed E-state index contributed by atoms with van der Waals surface area (Å²) < 4.78 is 11.4. The molecule has 0 aliphatic rings. The topological polar surface area (TPSA) is 84.5 Å². The van der Waals surface area contributed by atoms with Crippen molar-refractivity contribution in [1.82, 2.24) is 10.6 Å². The molecule has 2 amide bonds. The zero-order valence-electron chi connectivity index (χ0n) is 18.2. The Labute approximate surface area is 167 Å². The highest BCUT2D eigenvalue weighted by atomic mass is 16.3. The van der Waals surface area contributed by atoms with Gasteiger partial charge in [-0.1, -0.05) is 41.5 Å². The van der Waals surface area contributed by atoms with Crippen molar-refractivity contribution >= 4 is 11.8 Å². The highest BCUT2D eigenvalue weighted by Crippen LogP contribution is 2.27. The summed E-state index contributed by atoms with van der Waals surface area (Å²) in [5.41, 5.74) is 0.727. The minimum Gasteiger partial charge on any atom is -0.465 e. The van der Waals surface area contributed by atoms with Crippen LogP contribution in [-0.4, -0.2) is 24.9 Å². The standard InChI is InChI=1S/C22H32N2O4/c1-13-15(11-17(27-13)21(3,4)5)19(25)23-9-10-24-20(26)16-12-18(22(6,7)8)28-14(16)2/h11-12H,9-10H2,1-8H3,(H,23,25)(H,24,26). The number of furan rings is 2. The van der Waals surface area contributed by atoms with Crippen LogP contribution in [0.15, 0.2) is 21.0 Å². The Morgan fingerprint density at radius 1 is 0.750 bits per heavy atom. The first-order chi connectivity index (χ1) is 12.8. The molecule has 2 heterocycles. The molecule has 28 heavy (non-hydrogen) atoms. The van der Waals surface area contributed by atoms with Crippen molar-refractivity contribution in [2.45, 2.75) is 66.2 Å². The molecule has 0 fully saturated rings. The van der Waals surface area contributed by atoms with Gasteiger partial charge in [0.15, 0.2) is 0 Å². The fourth-order valence-electron chi connectivity index (χ4n) is 2.70. The van der Waals surface area contributed by atoms with Gasteiger partial charge in [0.05, 0.1) is 11.1 Å². The van der Waals surface area contributed by atoms with Crippen LogP contribution in [0.2, 0.25) is 0 Å². The van der Waals surface area contributed by atoms with Crippen LogP contribution in [0.25, 0.3) is 0 Å². The van der Waals surface area contributed by atoms with Crippen molar-refractivity contribution in [3.05, 3.63) is 46.3 Å². The molecule has 2 rings (SSSR count). The number of hydrogen-bond donors (Lipinski definition) is 2. The Hall–Kier alpha value is -2.50. The van der Waals surface area contributed by atoms with Crippen LogP contribution in [0, 0.1) is 13.8 Å². The third kappa shape index (κ3) is 5.06. The number of carbonyl (C=O) groups is 2. The van der Waals surface area contributed by atoms with Crippen molar-refractivity contribution in [2.75, 3.05) is 13.1 Å². The van der Waals surface area contributed by atoms with E-state index >= 15 is 0 Å². The summed E-state index contributed by atoms with van der Waals surface area (Å²) in [6.07, 6.45) is 0. The van der Waals surface area contributed by atoms with Crippen molar-refractivity contribution in [3.63, 3.8) is 0 Å². The number of carbonyl (C=O) groups excluding carboxylic acids is 2. The third-order valence-electron chi connectivity index (χ3n) is 4.50. The van der Waals surface area contributed by atoms with E-state index in [1.807, 2.05) is 41.5 Å². The van der Waals surface area contributed by atoms with E-state index in [9.17, 15) is 9.59 Å². The number of nitrogens with one attached hydrogen (secondary N) is 2. The van der Waals surface area contributed by atoms with Crippen molar-refractivity contribution < 1.29 is 18.4 Å². The first kappa shape index (κ1) is 21.8. The predicted octanol–water partition coefficient (Wildman–Crippen LogP) is 4.24. The molecule has 0 bridgehead atoms. The highest BCUT2D eigenvalue weighted by Gasteiger charge is 2.24. The fraction of sp³-hybridized carbons (Fsp3) is 0.545. The fourth-order valence-corrected chi connectivity index (χ4v) is 2.70. The molecule has 0 spiro atoms. The summed E-state index contributed by atoms with van der Waals surface area (Å²) in [5.74, 6) is 2.31. The molecule has 0 atom stereocenters. The van der Waals surface area contributed by atoms with Gasteiger partial charge < -0.3 is 19.5 Å². The van der Waals surface area contributed by atoms with Gasteiger partial charge in [0, 0.05) is 23.9 Å². The van der Waals surface area contributed by atoms with E-state index in [0.29, 0.717) is 35.7 Å². The minimum absolute atomic E-state index is 0.161.